The first-order chi connectivity index (χ1) is 9.08. The minimum atomic E-state index is 0.683. The van der Waals surface area contributed by atoms with Crippen LogP contribution in [0.3, 0.4) is 0 Å². The smallest absolute Gasteiger partial charge is 0.130 e. The first kappa shape index (κ1) is 13.5. The second-order valence-corrected chi connectivity index (χ2v) is 5.23. The summed E-state index contributed by atoms with van der Waals surface area (Å²) < 4.78 is 0. The number of aromatic nitrogens is 2. The molecule has 0 saturated heterocycles. The minimum absolute atomic E-state index is 0.683. The molecule has 3 heteroatoms. The van der Waals surface area contributed by atoms with Gasteiger partial charge in [0.2, 0.25) is 0 Å². The molecule has 19 heavy (non-hydrogen) atoms. The van der Waals surface area contributed by atoms with E-state index in [0.717, 1.165) is 29.3 Å². The van der Waals surface area contributed by atoms with E-state index in [-0.39, 0.29) is 0 Å². The Hall–Kier alpha value is -1.90. The summed E-state index contributed by atoms with van der Waals surface area (Å²) in [6.07, 6.45) is 1.12. The van der Waals surface area contributed by atoms with E-state index in [1.165, 1.54) is 5.56 Å². The highest BCUT2D eigenvalue weighted by atomic mass is 15.0. The molecule has 0 aliphatic heterocycles. The average molecular weight is 255 g/mol. The van der Waals surface area contributed by atoms with Crippen LogP contribution in [0, 0.1) is 12.8 Å². The van der Waals surface area contributed by atoms with E-state index in [0.29, 0.717) is 5.92 Å². The van der Waals surface area contributed by atoms with Crippen molar-refractivity contribution in [3.8, 4) is 11.3 Å². The predicted octanol–water partition coefficient (Wildman–Crippen LogP) is 3.69. The molecule has 1 heterocycles. The van der Waals surface area contributed by atoms with Gasteiger partial charge in [-0.05, 0) is 24.8 Å². The zero-order valence-corrected chi connectivity index (χ0v) is 12.1. The van der Waals surface area contributed by atoms with E-state index in [2.05, 4.69) is 53.4 Å². The molecule has 0 aliphatic carbocycles. The molecule has 0 saturated carbocycles. The zero-order valence-electron chi connectivity index (χ0n) is 12.1. The molecule has 0 spiro atoms. The summed E-state index contributed by atoms with van der Waals surface area (Å²) >= 11 is 0. The van der Waals surface area contributed by atoms with Crippen molar-refractivity contribution in [2.75, 3.05) is 12.4 Å². The highest BCUT2D eigenvalue weighted by Crippen LogP contribution is 2.21. The summed E-state index contributed by atoms with van der Waals surface area (Å²) in [5.74, 6) is 2.32. The van der Waals surface area contributed by atoms with Crippen LogP contribution in [0.15, 0.2) is 30.3 Å². The first-order valence-corrected chi connectivity index (χ1v) is 6.71. The highest BCUT2D eigenvalue weighted by Gasteiger charge is 2.04. The van der Waals surface area contributed by atoms with Crippen LogP contribution in [0.1, 0.15) is 25.2 Å². The molecule has 2 rings (SSSR count). The van der Waals surface area contributed by atoms with Crippen LogP contribution in [0.2, 0.25) is 0 Å². The molecule has 0 fully saturated rings. The Morgan fingerprint density at radius 1 is 1.11 bits per heavy atom. The van der Waals surface area contributed by atoms with Crippen molar-refractivity contribution in [3.63, 3.8) is 0 Å². The van der Waals surface area contributed by atoms with Crippen molar-refractivity contribution in [2.24, 2.45) is 5.92 Å². The molecular weight excluding hydrogens is 234 g/mol. The SMILES string of the molecule is CNc1cc(-c2ccc(CC(C)C)cc2)nc(C)n1. The second-order valence-electron chi connectivity index (χ2n) is 5.23. The lowest BCUT2D eigenvalue weighted by molar-refractivity contribution is 0.647. The van der Waals surface area contributed by atoms with Crippen LogP contribution in [0.4, 0.5) is 5.82 Å². The zero-order chi connectivity index (χ0) is 13.8. The van der Waals surface area contributed by atoms with Crippen molar-refractivity contribution in [3.05, 3.63) is 41.7 Å². The van der Waals surface area contributed by atoms with Crippen molar-refractivity contribution in [2.45, 2.75) is 27.2 Å². The third-order valence-corrected chi connectivity index (χ3v) is 2.99. The number of aryl methyl sites for hydroxylation is 1. The minimum Gasteiger partial charge on any atom is -0.373 e. The van der Waals surface area contributed by atoms with Crippen LogP contribution in [0.5, 0.6) is 0 Å². The lowest BCUT2D eigenvalue weighted by Crippen LogP contribution is -1.98. The highest BCUT2D eigenvalue weighted by molar-refractivity contribution is 5.62. The van der Waals surface area contributed by atoms with Crippen LogP contribution < -0.4 is 5.32 Å². The summed E-state index contributed by atoms with van der Waals surface area (Å²) in [6.45, 7) is 6.39. The summed E-state index contributed by atoms with van der Waals surface area (Å²) in [6, 6.07) is 10.6. The maximum Gasteiger partial charge on any atom is 0.130 e. The molecule has 0 unspecified atom stereocenters. The molecule has 0 atom stereocenters. The topological polar surface area (TPSA) is 37.8 Å². The average Bonchev–Trinajstić information content (AvgIpc) is 2.38. The maximum absolute atomic E-state index is 4.49. The van der Waals surface area contributed by atoms with Crippen molar-refractivity contribution >= 4 is 5.82 Å². The quantitative estimate of drug-likeness (QED) is 0.905. The third-order valence-electron chi connectivity index (χ3n) is 2.99. The Morgan fingerprint density at radius 2 is 1.79 bits per heavy atom. The molecule has 0 amide bonds. The Labute approximate surface area is 115 Å². The van der Waals surface area contributed by atoms with Gasteiger partial charge >= 0.3 is 0 Å². The molecule has 0 radical (unpaired) electrons. The number of rotatable bonds is 4. The van der Waals surface area contributed by atoms with Gasteiger partial charge in [-0.2, -0.15) is 0 Å². The number of hydrogen-bond donors (Lipinski definition) is 1. The summed E-state index contributed by atoms with van der Waals surface area (Å²) in [7, 11) is 1.87. The number of nitrogens with zero attached hydrogens (tertiary/aromatic N) is 2. The van der Waals surface area contributed by atoms with Gasteiger partial charge in [-0.15, -0.1) is 0 Å². The summed E-state index contributed by atoms with van der Waals surface area (Å²) in [5, 5.41) is 3.06. The van der Waals surface area contributed by atoms with Crippen molar-refractivity contribution in [1.29, 1.82) is 0 Å². The van der Waals surface area contributed by atoms with Crippen LogP contribution in [0.25, 0.3) is 11.3 Å². The van der Waals surface area contributed by atoms with Gasteiger partial charge in [0.25, 0.3) is 0 Å². The fraction of sp³-hybridized carbons (Fsp3) is 0.375. The normalized spacial score (nSPS) is 10.8. The van der Waals surface area contributed by atoms with E-state index in [1.54, 1.807) is 0 Å². The molecule has 100 valence electrons. The van der Waals surface area contributed by atoms with E-state index < -0.39 is 0 Å². The largest absolute Gasteiger partial charge is 0.373 e. The standard InChI is InChI=1S/C16H21N3/c1-11(2)9-13-5-7-14(8-6-13)15-10-16(17-4)19-12(3)18-15/h5-8,10-11H,9H2,1-4H3,(H,17,18,19). The van der Waals surface area contributed by atoms with Gasteiger partial charge in [-0.3, -0.25) is 0 Å². The summed E-state index contributed by atoms with van der Waals surface area (Å²) in [5.41, 5.74) is 3.47. The molecule has 3 nitrogen and oxygen atoms in total. The van der Waals surface area contributed by atoms with E-state index in [9.17, 15) is 0 Å². The second kappa shape index (κ2) is 5.83. The van der Waals surface area contributed by atoms with Gasteiger partial charge in [0, 0.05) is 18.7 Å². The first-order valence-electron chi connectivity index (χ1n) is 6.71. The molecule has 0 aliphatic rings. The van der Waals surface area contributed by atoms with E-state index in [4.69, 9.17) is 0 Å². The Balaban J connectivity index is 2.29. The number of benzene rings is 1. The fourth-order valence-electron chi connectivity index (χ4n) is 2.13. The lowest BCUT2D eigenvalue weighted by Gasteiger charge is -2.08. The Kier molecular flexibility index (Phi) is 4.15. The Morgan fingerprint density at radius 3 is 2.37 bits per heavy atom. The number of hydrogen-bond acceptors (Lipinski definition) is 3. The monoisotopic (exact) mass is 255 g/mol. The maximum atomic E-state index is 4.49. The van der Waals surface area contributed by atoms with E-state index in [1.807, 2.05) is 20.0 Å². The molecule has 0 bridgehead atoms. The molecule has 2 aromatic rings. The van der Waals surface area contributed by atoms with Gasteiger partial charge in [0.05, 0.1) is 5.69 Å². The van der Waals surface area contributed by atoms with Gasteiger partial charge in [-0.25, -0.2) is 9.97 Å². The molecular formula is C16H21N3. The molecule has 1 aromatic heterocycles. The Bertz CT molecular complexity index is 544. The number of nitrogens with one attached hydrogen (secondary N) is 1. The fourth-order valence-corrected chi connectivity index (χ4v) is 2.13. The van der Waals surface area contributed by atoms with Crippen molar-refractivity contribution in [1.82, 2.24) is 9.97 Å². The third kappa shape index (κ3) is 3.53. The van der Waals surface area contributed by atoms with Gasteiger partial charge < -0.3 is 5.32 Å². The lowest BCUT2D eigenvalue weighted by atomic mass is 10.0. The van der Waals surface area contributed by atoms with Crippen LogP contribution in [-0.2, 0) is 6.42 Å². The van der Waals surface area contributed by atoms with Gasteiger partial charge in [-0.1, -0.05) is 38.1 Å². The van der Waals surface area contributed by atoms with Gasteiger partial charge in [0.1, 0.15) is 11.6 Å². The van der Waals surface area contributed by atoms with Crippen LogP contribution >= 0.6 is 0 Å². The predicted molar refractivity (Wildman–Crippen MR) is 80.3 cm³/mol. The van der Waals surface area contributed by atoms with E-state index >= 15 is 0 Å². The van der Waals surface area contributed by atoms with Crippen molar-refractivity contribution < 1.29 is 0 Å². The van der Waals surface area contributed by atoms with Crippen LogP contribution in [-0.4, -0.2) is 17.0 Å². The van der Waals surface area contributed by atoms with Gasteiger partial charge in [0.15, 0.2) is 0 Å². The number of anilines is 1. The molecule has 1 N–H and O–H groups in total. The summed E-state index contributed by atoms with van der Waals surface area (Å²) in [4.78, 5) is 8.80. The molecule has 1 aromatic carbocycles.